The molecule has 0 saturated heterocycles. The third kappa shape index (κ3) is 4.98. The normalized spacial score (nSPS) is 16.6. The number of halogens is 1. The van der Waals surface area contributed by atoms with Crippen LogP contribution >= 0.6 is 23.4 Å². The van der Waals surface area contributed by atoms with E-state index in [1.807, 2.05) is 16.5 Å². The number of amidine groups is 1. The summed E-state index contributed by atoms with van der Waals surface area (Å²) in [7, 11) is 1.50. The topological polar surface area (TPSA) is 104 Å². The molecule has 0 aromatic heterocycles. The zero-order chi connectivity index (χ0) is 25.1. The highest BCUT2D eigenvalue weighted by Gasteiger charge is 2.38. The summed E-state index contributed by atoms with van der Waals surface area (Å²) < 4.78 is 16.8. The molecule has 0 spiro atoms. The summed E-state index contributed by atoms with van der Waals surface area (Å²) in [5.74, 6) is 0.262. The number of nitro benzene ring substituents is 1. The average Bonchev–Trinajstić information content (AvgIpc) is 3.30. The fourth-order valence-electron chi connectivity index (χ4n) is 3.81. The van der Waals surface area contributed by atoms with Gasteiger partial charge in [0.15, 0.2) is 16.7 Å². The van der Waals surface area contributed by atoms with Gasteiger partial charge in [0, 0.05) is 18.3 Å². The maximum absolute atomic E-state index is 12.9. The molecule has 2 aliphatic rings. The molecule has 4 rings (SSSR count). The smallest absolute Gasteiger partial charge is 0.338 e. The maximum Gasteiger partial charge on any atom is 0.338 e. The molecule has 9 nitrogen and oxygen atoms in total. The van der Waals surface area contributed by atoms with Gasteiger partial charge < -0.3 is 19.1 Å². The molecule has 0 bridgehead atoms. The van der Waals surface area contributed by atoms with Gasteiger partial charge in [0.1, 0.15) is 6.61 Å². The summed E-state index contributed by atoms with van der Waals surface area (Å²) in [4.78, 5) is 29.7. The van der Waals surface area contributed by atoms with Crippen molar-refractivity contribution in [3.63, 3.8) is 0 Å². The Hall–Kier alpha value is -3.50. The summed E-state index contributed by atoms with van der Waals surface area (Å²) in [5.41, 5.74) is 2.42. The first kappa shape index (κ1) is 24.6. The molecule has 2 aromatic rings. The lowest BCUT2D eigenvalue weighted by Crippen LogP contribution is -2.34. The van der Waals surface area contributed by atoms with E-state index in [0.29, 0.717) is 33.4 Å². The van der Waals surface area contributed by atoms with Crippen LogP contribution in [0.3, 0.4) is 0 Å². The van der Waals surface area contributed by atoms with Crippen LogP contribution in [0, 0.1) is 10.1 Å². The summed E-state index contributed by atoms with van der Waals surface area (Å²) in [5, 5.41) is 13.8. The van der Waals surface area contributed by atoms with E-state index in [2.05, 4.69) is 4.99 Å². The standard InChI is InChI=1S/C24H22ClN3O6S/c1-4-33-23(29)20-14(2)26-24-27(9-10-35-24)21(20)16-11-18(25)22(19(12-16)32-3)34-13-15-5-7-17(8-6-15)28(30)31/h5-12,21H,4,13H2,1-3H3/t21-/m1/s1. The Balaban J connectivity index is 1.67. The van der Waals surface area contributed by atoms with Gasteiger partial charge in [0.05, 0.1) is 41.0 Å². The minimum atomic E-state index is -0.511. The number of hydrogen-bond acceptors (Lipinski definition) is 9. The zero-order valence-corrected chi connectivity index (χ0v) is 20.8. The monoisotopic (exact) mass is 515 g/mol. The van der Waals surface area contributed by atoms with Crippen LogP contribution in [-0.2, 0) is 16.1 Å². The van der Waals surface area contributed by atoms with Crippen molar-refractivity contribution in [2.45, 2.75) is 26.5 Å². The second-order valence-electron chi connectivity index (χ2n) is 7.57. The molecule has 0 radical (unpaired) electrons. The van der Waals surface area contributed by atoms with Crippen LogP contribution in [0.25, 0.3) is 0 Å². The van der Waals surface area contributed by atoms with E-state index >= 15 is 0 Å². The number of hydrogen-bond donors (Lipinski definition) is 0. The van der Waals surface area contributed by atoms with Gasteiger partial charge in [-0.05, 0) is 54.6 Å². The van der Waals surface area contributed by atoms with Crippen LogP contribution in [-0.4, -0.2) is 34.7 Å². The van der Waals surface area contributed by atoms with E-state index in [1.165, 1.54) is 31.0 Å². The molecule has 0 amide bonds. The van der Waals surface area contributed by atoms with Gasteiger partial charge in [-0.3, -0.25) is 10.1 Å². The first-order chi connectivity index (χ1) is 16.8. The number of nitro groups is 1. The lowest BCUT2D eigenvalue weighted by atomic mass is 9.94. The summed E-state index contributed by atoms with van der Waals surface area (Å²) in [6.07, 6.45) is 1.86. The van der Waals surface area contributed by atoms with Crippen LogP contribution in [0.1, 0.15) is 31.0 Å². The van der Waals surface area contributed by atoms with Crippen LogP contribution in [0.2, 0.25) is 5.02 Å². The molecule has 0 fully saturated rings. The lowest BCUT2D eigenvalue weighted by molar-refractivity contribution is -0.384. The Labute approximate surface area is 211 Å². The molecule has 2 aliphatic heterocycles. The molecule has 2 aromatic carbocycles. The number of aliphatic imine (C=N–C) groups is 1. The number of benzene rings is 2. The second kappa shape index (κ2) is 10.4. The molecule has 0 unspecified atom stereocenters. The number of nitrogens with zero attached hydrogens (tertiary/aromatic N) is 3. The SMILES string of the molecule is CCOC(=O)C1=C(C)N=C2SC=CN2[C@@H]1c1cc(Cl)c(OCc2ccc([N+](=O)[O-])cc2)c(OC)c1. The number of non-ortho nitro benzene ring substituents is 1. The number of esters is 1. The van der Waals surface area contributed by atoms with Crippen LogP contribution < -0.4 is 9.47 Å². The molecule has 0 aliphatic carbocycles. The molecule has 1 atom stereocenters. The molecule has 0 N–H and O–H groups in total. The van der Waals surface area contributed by atoms with Crippen molar-refractivity contribution < 1.29 is 23.9 Å². The van der Waals surface area contributed by atoms with Crippen molar-refractivity contribution in [1.82, 2.24) is 4.90 Å². The summed E-state index contributed by atoms with van der Waals surface area (Å²) in [6.45, 7) is 3.90. The number of ether oxygens (including phenoxy) is 3. The van der Waals surface area contributed by atoms with E-state index in [9.17, 15) is 14.9 Å². The van der Waals surface area contributed by atoms with Gasteiger partial charge in [0.2, 0.25) is 0 Å². The van der Waals surface area contributed by atoms with Gasteiger partial charge in [-0.1, -0.05) is 23.4 Å². The maximum atomic E-state index is 12.9. The zero-order valence-electron chi connectivity index (χ0n) is 19.2. The predicted molar refractivity (Wildman–Crippen MR) is 134 cm³/mol. The number of rotatable bonds is 8. The van der Waals surface area contributed by atoms with Gasteiger partial charge in [-0.15, -0.1) is 0 Å². The van der Waals surface area contributed by atoms with Crippen LogP contribution in [0.15, 0.2) is 64.3 Å². The van der Waals surface area contributed by atoms with Crippen LogP contribution in [0.4, 0.5) is 5.69 Å². The Morgan fingerprint density at radius 3 is 2.69 bits per heavy atom. The van der Waals surface area contributed by atoms with Gasteiger partial charge in [-0.25, -0.2) is 9.79 Å². The third-order valence-corrected chi connectivity index (χ3v) is 6.47. The molecular weight excluding hydrogens is 494 g/mol. The van der Waals surface area contributed by atoms with E-state index in [0.717, 1.165) is 10.7 Å². The fraction of sp³-hybridized carbons (Fsp3) is 0.250. The van der Waals surface area contributed by atoms with E-state index < -0.39 is 16.9 Å². The molecule has 2 heterocycles. The van der Waals surface area contributed by atoms with Crippen molar-refractivity contribution >= 4 is 40.2 Å². The summed E-state index contributed by atoms with van der Waals surface area (Å²) >= 11 is 8.09. The number of carbonyl (C=O) groups is 1. The van der Waals surface area contributed by atoms with Gasteiger partial charge >= 0.3 is 5.97 Å². The third-order valence-electron chi connectivity index (χ3n) is 5.41. The van der Waals surface area contributed by atoms with Crippen LogP contribution in [0.5, 0.6) is 11.5 Å². The second-order valence-corrected chi connectivity index (χ2v) is 8.85. The van der Waals surface area contributed by atoms with E-state index in [-0.39, 0.29) is 18.9 Å². The Bertz CT molecular complexity index is 1260. The van der Waals surface area contributed by atoms with Gasteiger partial charge in [0.25, 0.3) is 5.69 Å². The highest BCUT2D eigenvalue weighted by Crippen LogP contribution is 2.45. The number of methoxy groups -OCH3 is 1. The Kier molecular flexibility index (Phi) is 7.32. The van der Waals surface area contributed by atoms with E-state index in [1.54, 1.807) is 38.1 Å². The summed E-state index contributed by atoms with van der Waals surface area (Å²) in [6, 6.07) is 9.05. The largest absolute Gasteiger partial charge is 0.493 e. The first-order valence-electron chi connectivity index (χ1n) is 10.7. The average molecular weight is 516 g/mol. The molecule has 0 saturated carbocycles. The first-order valence-corrected chi connectivity index (χ1v) is 11.9. The molecule has 182 valence electrons. The quantitative estimate of drug-likeness (QED) is 0.254. The minimum Gasteiger partial charge on any atom is -0.493 e. The highest BCUT2D eigenvalue weighted by atomic mass is 35.5. The van der Waals surface area contributed by atoms with Crippen molar-refractivity contribution in [3.05, 3.63) is 85.5 Å². The fourth-order valence-corrected chi connectivity index (χ4v) is 4.87. The van der Waals surface area contributed by atoms with Crippen molar-refractivity contribution in [2.75, 3.05) is 13.7 Å². The van der Waals surface area contributed by atoms with Crippen molar-refractivity contribution in [2.24, 2.45) is 4.99 Å². The predicted octanol–water partition coefficient (Wildman–Crippen LogP) is 5.60. The lowest BCUT2D eigenvalue weighted by Gasteiger charge is -2.33. The number of thioether (sulfide) groups is 1. The molecule has 11 heteroatoms. The van der Waals surface area contributed by atoms with Crippen molar-refractivity contribution in [1.29, 1.82) is 0 Å². The molecular formula is C24H22ClN3O6S. The van der Waals surface area contributed by atoms with Gasteiger partial charge in [-0.2, -0.15) is 0 Å². The number of carbonyl (C=O) groups excluding carboxylic acids is 1. The Morgan fingerprint density at radius 2 is 2.03 bits per heavy atom. The highest BCUT2D eigenvalue weighted by molar-refractivity contribution is 8.16. The van der Waals surface area contributed by atoms with E-state index in [4.69, 9.17) is 25.8 Å². The minimum absolute atomic E-state index is 0.000940. The molecule has 35 heavy (non-hydrogen) atoms. The number of fused-ring (bicyclic) bond motifs is 1. The number of allylic oxidation sites excluding steroid dienone is 1. The van der Waals surface area contributed by atoms with Crippen molar-refractivity contribution in [3.8, 4) is 11.5 Å². The Morgan fingerprint density at radius 1 is 1.29 bits per heavy atom.